The van der Waals surface area contributed by atoms with Gasteiger partial charge in [-0.1, -0.05) is 36.4 Å². The van der Waals surface area contributed by atoms with Crippen molar-refractivity contribution in [1.82, 2.24) is 0 Å². The highest BCUT2D eigenvalue weighted by Crippen LogP contribution is 2.49. The number of carbonyl (C=O) groups is 2. The van der Waals surface area contributed by atoms with Gasteiger partial charge in [0.15, 0.2) is 5.60 Å². The average molecular weight is 280 g/mol. The zero-order chi connectivity index (χ0) is 14.6. The Morgan fingerprint density at radius 1 is 0.905 bits per heavy atom. The van der Waals surface area contributed by atoms with E-state index in [0.717, 1.165) is 0 Å². The minimum Gasteiger partial charge on any atom is -0.374 e. The summed E-state index contributed by atoms with van der Waals surface area (Å²) in [5.74, 6) is -1.89. The van der Waals surface area contributed by atoms with Gasteiger partial charge < -0.3 is 15.7 Å². The number of hydrogen-bond donors (Lipinski definition) is 3. The summed E-state index contributed by atoms with van der Waals surface area (Å²) in [7, 11) is 0. The van der Waals surface area contributed by atoms with Crippen LogP contribution in [0.4, 0.5) is 11.4 Å². The van der Waals surface area contributed by atoms with Crippen LogP contribution in [-0.2, 0) is 15.2 Å². The van der Waals surface area contributed by atoms with Crippen LogP contribution in [0.5, 0.6) is 0 Å². The standard InChI is InChI=1S/C16H12N2O3/c19-14-13(9-5-1-3-7-11(9)17-14)16(21)10-6-2-4-8-12(10)18-15(16)20/h1-8,13,21H,(H,17,19)(H,18,20)/t13-,16+/m0/s1. The van der Waals surface area contributed by atoms with Gasteiger partial charge in [-0.15, -0.1) is 0 Å². The first-order valence-corrected chi connectivity index (χ1v) is 6.65. The molecule has 104 valence electrons. The molecule has 5 heteroatoms. The van der Waals surface area contributed by atoms with Crippen LogP contribution in [-0.4, -0.2) is 16.9 Å². The predicted octanol–water partition coefficient (Wildman–Crippen LogP) is 1.56. The fraction of sp³-hybridized carbons (Fsp3) is 0.125. The largest absolute Gasteiger partial charge is 0.374 e. The second-order valence-electron chi connectivity index (χ2n) is 5.28. The van der Waals surface area contributed by atoms with Gasteiger partial charge in [0.05, 0.1) is 0 Å². The van der Waals surface area contributed by atoms with E-state index in [1.54, 1.807) is 48.5 Å². The van der Waals surface area contributed by atoms with E-state index in [0.29, 0.717) is 22.5 Å². The Kier molecular flexibility index (Phi) is 2.26. The molecule has 2 aliphatic heterocycles. The summed E-state index contributed by atoms with van der Waals surface area (Å²) in [4.78, 5) is 24.7. The molecule has 0 unspecified atom stereocenters. The molecule has 0 aromatic heterocycles. The first-order valence-electron chi connectivity index (χ1n) is 6.65. The average Bonchev–Trinajstić information content (AvgIpc) is 2.94. The van der Waals surface area contributed by atoms with Crippen molar-refractivity contribution in [2.75, 3.05) is 10.6 Å². The summed E-state index contributed by atoms with van der Waals surface area (Å²) in [6.07, 6.45) is 0. The molecule has 0 radical (unpaired) electrons. The van der Waals surface area contributed by atoms with E-state index in [1.165, 1.54) is 0 Å². The van der Waals surface area contributed by atoms with Crippen molar-refractivity contribution in [1.29, 1.82) is 0 Å². The molecule has 3 N–H and O–H groups in total. The van der Waals surface area contributed by atoms with Crippen LogP contribution in [0.15, 0.2) is 48.5 Å². The van der Waals surface area contributed by atoms with Crippen molar-refractivity contribution < 1.29 is 14.7 Å². The maximum absolute atomic E-state index is 12.4. The molecule has 0 saturated carbocycles. The van der Waals surface area contributed by atoms with Gasteiger partial charge >= 0.3 is 0 Å². The van der Waals surface area contributed by atoms with Crippen LogP contribution in [0.1, 0.15) is 17.0 Å². The van der Waals surface area contributed by atoms with Crippen LogP contribution in [0.2, 0.25) is 0 Å². The Balaban J connectivity index is 1.94. The Bertz CT molecular complexity index is 787. The van der Waals surface area contributed by atoms with E-state index in [1.807, 2.05) is 0 Å². The number of fused-ring (bicyclic) bond motifs is 2. The van der Waals surface area contributed by atoms with Gasteiger partial charge in [-0.2, -0.15) is 0 Å². The summed E-state index contributed by atoms with van der Waals surface area (Å²) in [6, 6.07) is 14.0. The number of anilines is 2. The maximum atomic E-state index is 12.4. The zero-order valence-electron chi connectivity index (χ0n) is 11.0. The smallest absolute Gasteiger partial charge is 0.262 e. The third kappa shape index (κ3) is 1.43. The molecule has 2 aromatic carbocycles. The molecule has 21 heavy (non-hydrogen) atoms. The monoisotopic (exact) mass is 280 g/mol. The highest BCUT2D eigenvalue weighted by molar-refractivity contribution is 6.13. The maximum Gasteiger partial charge on any atom is 0.262 e. The van der Waals surface area contributed by atoms with Crippen molar-refractivity contribution in [3.63, 3.8) is 0 Å². The number of amides is 2. The van der Waals surface area contributed by atoms with Crippen LogP contribution in [0, 0.1) is 0 Å². The molecular formula is C16H12N2O3. The van der Waals surface area contributed by atoms with E-state index in [2.05, 4.69) is 10.6 Å². The molecule has 2 aliphatic rings. The van der Waals surface area contributed by atoms with Crippen molar-refractivity contribution in [3.05, 3.63) is 59.7 Å². The lowest BCUT2D eigenvalue weighted by atomic mass is 9.78. The first kappa shape index (κ1) is 12.1. The Hall–Kier alpha value is -2.66. The van der Waals surface area contributed by atoms with E-state index in [-0.39, 0.29) is 5.91 Å². The van der Waals surface area contributed by atoms with Crippen LogP contribution >= 0.6 is 0 Å². The van der Waals surface area contributed by atoms with Gasteiger partial charge in [0.2, 0.25) is 5.91 Å². The molecule has 0 fully saturated rings. The topological polar surface area (TPSA) is 78.4 Å². The summed E-state index contributed by atoms with van der Waals surface area (Å²) >= 11 is 0. The van der Waals surface area contributed by atoms with E-state index >= 15 is 0 Å². The molecule has 0 aliphatic carbocycles. The molecular weight excluding hydrogens is 268 g/mol. The van der Waals surface area contributed by atoms with E-state index < -0.39 is 17.4 Å². The molecule has 5 nitrogen and oxygen atoms in total. The third-order valence-electron chi connectivity index (χ3n) is 4.14. The fourth-order valence-electron chi connectivity index (χ4n) is 3.17. The highest BCUT2D eigenvalue weighted by Gasteiger charge is 2.56. The lowest BCUT2D eigenvalue weighted by Gasteiger charge is -2.26. The Morgan fingerprint density at radius 2 is 1.57 bits per heavy atom. The summed E-state index contributed by atoms with van der Waals surface area (Å²) in [5, 5.41) is 16.4. The second-order valence-corrected chi connectivity index (χ2v) is 5.28. The predicted molar refractivity (Wildman–Crippen MR) is 76.8 cm³/mol. The molecule has 4 rings (SSSR count). The van der Waals surface area contributed by atoms with Gasteiger partial charge in [0, 0.05) is 16.9 Å². The number of para-hydroxylation sites is 2. The quantitative estimate of drug-likeness (QED) is 0.742. The lowest BCUT2D eigenvalue weighted by Crippen LogP contribution is -2.43. The van der Waals surface area contributed by atoms with Gasteiger partial charge in [-0.25, -0.2) is 0 Å². The zero-order valence-corrected chi connectivity index (χ0v) is 11.0. The number of rotatable bonds is 1. The lowest BCUT2D eigenvalue weighted by molar-refractivity contribution is -0.141. The third-order valence-corrected chi connectivity index (χ3v) is 4.14. The summed E-state index contributed by atoms with van der Waals surface area (Å²) < 4.78 is 0. The minimum absolute atomic E-state index is 0.370. The van der Waals surface area contributed by atoms with Crippen molar-refractivity contribution in [3.8, 4) is 0 Å². The Morgan fingerprint density at radius 3 is 2.38 bits per heavy atom. The molecule has 0 saturated heterocycles. The summed E-state index contributed by atoms with van der Waals surface area (Å²) in [5.41, 5.74) is 0.372. The number of aliphatic hydroxyl groups is 1. The van der Waals surface area contributed by atoms with Gasteiger partial charge in [-0.3, -0.25) is 9.59 Å². The molecule has 0 bridgehead atoms. The number of hydrogen-bond acceptors (Lipinski definition) is 3. The summed E-state index contributed by atoms with van der Waals surface area (Å²) in [6.45, 7) is 0. The molecule has 2 amide bonds. The fourth-order valence-corrected chi connectivity index (χ4v) is 3.17. The molecule has 2 heterocycles. The second kappa shape index (κ2) is 3.93. The minimum atomic E-state index is -1.88. The van der Waals surface area contributed by atoms with Crippen LogP contribution in [0.25, 0.3) is 0 Å². The normalized spacial score (nSPS) is 26.0. The van der Waals surface area contributed by atoms with Crippen molar-refractivity contribution in [2.45, 2.75) is 11.5 Å². The molecule has 2 aromatic rings. The molecule has 2 atom stereocenters. The first-order chi connectivity index (χ1) is 10.1. The number of benzene rings is 2. The van der Waals surface area contributed by atoms with E-state index in [4.69, 9.17) is 0 Å². The van der Waals surface area contributed by atoms with E-state index in [9.17, 15) is 14.7 Å². The number of nitrogens with one attached hydrogen (secondary N) is 2. The van der Waals surface area contributed by atoms with Crippen molar-refractivity contribution >= 4 is 23.2 Å². The SMILES string of the molecule is O=C1Nc2ccccc2[C@@H]1[C@@]1(O)C(=O)Nc2ccccc21. The molecule has 0 spiro atoms. The highest BCUT2D eigenvalue weighted by atomic mass is 16.3. The van der Waals surface area contributed by atoms with Crippen LogP contribution in [0.3, 0.4) is 0 Å². The van der Waals surface area contributed by atoms with Gasteiger partial charge in [0.1, 0.15) is 5.92 Å². The van der Waals surface area contributed by atoms with Gasteiger partial charge in [0.25, 0.3) is 5.91 Å². The van der Waals surface area contributed by atoms with Crippen molar-refractivity contribution in [2.24, 2.45) is 0 Å². The number of carbonyl (C=O) groups excluding carboxylic acids is 2. The Labute approximate surface area is 120 Å². The van der Waals surface area contributed by atoms with Crippen LogP contribution < -0.4 is 10.6 Å². The van der Waals surface area contributed by atoms with Gasteiger partial charge in [-0.05, 0) is 17.7 Å².